The SMILES string of the molecule is CSCCC(NC(=O)C(N)CCCCN)C(=O)NC(CCCCN)C(=O)NC(CCCCN)C(=O)O. The Morgan fingerprint density at radius 2 is 1.08 bits per heavy atom. The van der Waals surface area contributed by atoms with Crippen molar-refractivity contribution in [1.82, 2.24) is 16.0 Å². The minimum Gasteiger partial charge on any atom is -0.480 e. The van der Waals surface area contributed by atoms with E-state index in [1.165, 1.54) is 11.8 Å². The summed E-state index contributed by atoms with van der Waals surface area (Å²) >= 11 is 1.52. The number of aliphatic carboxylic acids is 1. The van der Waals surface area contributed by atoms with Crippen LogP contribution in [0.4, 0.5) is 0 Å². The van der Waals surface area contributed by atoms with E-state index in [1.54, 1.807) is 0 Å². The molecule has 0 rings (SSSR count). The Morgan fingerprint density at radius 3 is 1.56 bits per heavy atom. The van der Waals surface area contributed by atoms with E-state index in [-0.39, 0.29) is 12.8 Å². The number of nitrogens with one attached hydrogen (secondary N) is 3. The number of nitrogens with two attached hydrogens (primary N) is 4. The molecule has 210 valence electrons. The van der Waals surface area contributed by atoms with Gasteiger partial charge in [-0.05, 0) is 89.4 Å². The summed E-state index contributed by atoms with van der Waals surface area (Å²) in [5, 5.41) is 17.4. The number of carboxylic acid groups (broad SMARTS) is 1. The Morgan fingerprint density at radius 1 is 0.667 bits per heavy atom. The molecule has 0 aliphatic carbocycles. The Balaban J connectivity index is 5.37. The molecule has 4 atom stereocenters. The van der Waals surface area contributed by atoms with E-state index in [0.717, 1.165) is 6.42 Å². The fourth-order valence-electron chi connectivity index (χ4n) is 3.48. The van der Waals surface area contributed by atoms with E-state index < -0.39 is 47.9 Å². The van der Waals surface area contributed by atoms with Gasteiger partial charge in [-0.3, -0.25) is 14.4 Å². The van der Waals surface area contributed by atoms with Crippen molar-refractivity contribution in [3.8, 4) is 0 Å². The van der Waals surface area contributed by atoms with Gasteiger partial charge < -0.3 is 44.0 Å². The topological polar surface area (TPSA) is 229 Å². The average Bonchev–Trinajstić information content (AvgIpc) is 2.85. The van der Waals surface area contributed by atoms with Crippen LogP contribution in [0, 0.1) is 0 Å². The number of carboxylic acids is 1. The highest BCUT2D eigenvalue weighted by atomic mass is 32.2. The molecule has 0 saturated carbocycles. The fourth-order valence-corrected chi connectivity index (χ4v) is 3.95. The van der Waals surface area contributed by atoms with Crippen LogP contribution in [-0.2, 0) is 19.2 Å². The Hall–Kier alpha value is -1.93. The van der Waals surface area contributed by atoms with Crippen LogP contribution in [0.25, 0.3) is 0 Å². The predicted octanol–water partition coefficient (Wildman–Crippen LogP) is -1.01. The molecule has 0 aliphatic heterocycles. The minimum absolute atomic E-state index is 0.232. The second-order valence-electron chi connectivity index (χ2n) is 8.76. The third-order valence-electron chi connectivity index (χ3n) is 5.69. The van der Waals surface area contributed by atoms with Crippen LogP contribution in [0.3, 0.4) is 0 Å². The van der Waals surface area contributed by atoms with Gasteiger partial charge in [0.1, 0.15) is 18.1 Å². The maximum Gasteiger partial charge on any atom is 0.326 e. The van der Waals surface area contributed by atoms with Crippen LogP contribution < -0.4 is 38.9 Å². The number of thioether (sulfide) groups is 1. The molecule has 0 aliphatic rings. The molecule has 12 nitrogen and oxygen atoms in total. The number of carbonyl (C=O) groups is 4. The Kier molecular flexibility index (Phi) is 20.0. The lowest BCUT2D eigenvalue weighted by Crippen LogP contribution is -2.57. The van der Waals surface area contributed by atoms with Gasteiger partial charge in [0.25, 0.3) is 0 Å². The van der Waals surface area contributed by atoms with Crippen LogP contribution in [0.1, 0.15) is 64.2 Å². The molecule has 0 heterocycles. The summed E-state index contributed by atoms with van der Waals surface area (Å²) in [7, 11) is 0. The largest absolute Gasteiger partial charge is 0.480 e. The molecule has 0 spiro atoms. The molecule has 3 amide bonds. The summed E-state index contributed by atoms with van der Waals surface area (Å²) in [5.74, 6) is -2.10. The van der Waals surface area contributed by atoms with Gasteiger partial charge >= 0.3 is 5.97 Å². The summed E-state index contributed by atoms with van der Waals surface area (Å²) in [5.41, 5.74) is 22.5. The van der Waals surface area contributed by atoms with Crippen molar-refractivity contribution in [2.75, 3.05) is 31.6 Å². The quantitative estimate of drug-likeness (QED) is 0.0790. The summed E-state index contributed by atoms with van der Waals surface area (Å²) in [6, 6.07) is -3.70. The highest BCUT2D eigenvalue weighted by molar-refractivity contribution is 7.98. The van der Waals surface area contributed by atoms with Crippen LogP contribution in [0.15, 0.2) is 0 Å². The number of amides is 3. The van der Waals surface area contributed by atoms with Gasteiger partial charge in [0, 0.05) is 0 Å². The van der Waals surface area contributed by atoms with Gasteiger partial charge in [0.15, 0.2) is 0 Å². The lowest BCUT2D eigenvalue weighted by Gasteiger charge is -2.25. The van der Waals surface area contributed by atoms with E-state index in [0.29, 0.717) is 70.3 Å². The predicted molar refractivity (Wildman–Crippen MR) is 143 cm³/mol. The van der Waals surface area contributed by atoms with E-state index in [1.807, 2.05) is 6.26 Å². The molecule has 0 saturated heterocycles. The third kappa shape index (κ3) is 15.2. The summed E-state index contributed by atoms with van der Waals surface area (Å²) in [4.78, 5) is 50.3. The number of unbranched alkanes of at least 4 members (excludes halogenated alkanes) is 3. The van der Waals surface area contributed by atoms with Gasteiger partial charge in [-0.25, -0.2) is 4.79 Å². The second-order valence-corrected chi connectivity index (χ2v) is 9.75. The third-order valence-corrected chi connectivity index (χ3v) is 6.34. The Labute approximate surface area is 218 Å². The molecular weight excluding hydrogens is 486 g/mol. The summed E-state index contributed by atoms with van der Waals surface area (Å²) in [6.07, 6.45) is 7.04. The van der Waals surface area contributed by atoms with E-state index in [9.17, 15) is 24.3 Å². The Bertz CT molecular complexity index is 656. The maximum absolute atomic E-state index is 13.1. The lowest BCUT2D eigenvalue weighted by molar-refractivity contribution is -0.142. The van der Waals surface area contributed by atoms with Crippen molar-refractivity contribution < 1.29 is 24.3 Å². The molecule has 13 heteroatoms. The highest BCUT2D eigenvalue weighted by Gasteiger charge is 2.29. The first-order chi connectivity index (χ1) is 17.2. The zero-order valence-corrected chi connectivity index (χ0v) is 22.3. The number of hydrogen-bond donors (Lipinski definition) is 8. The van der Waals surface area contributed by atoms with Crippen molar-refractivity contribution in [2.24, 2.45) is 22.9 Å². The number of hydrogen-bond acceptors (Lipinski definition) is 9. The molecule has 12 N–H and O–H groups in total. The molecule has 0 aromatic carbocycles. The minimum atomic E-state index is -1.15. The normalized spacial score (nSPS) is 14.4. The molecule has 0 radical (unpaired) electrons. The number of carbonyl (C=O) groups excluding carboxylic acids is 3. The molecule has 0 fully saturated rings. The molecule has 36 heavy (non-hydrogen) atoms. The fraction of sp³-hybridized carbons (Fsp3) is 0.826. The van der Waals surface area contributed by atoms with E-state index in [2.05, 4.69) is 16.0 Å². The van der Waals surface area contributed by atoms with Crippen LogP contribution >= 0.6 is 11.8 Å². The van der Waals surface area contributed by atoms with Crippen molar-refractivity contribution in [2.45, 2.75) is 88.4 Å². The average molecular weight is 534 g/mol. The van der Waals surface area contributed by atoms with Gasteiger partial charge in [0.2, 0.25) is 17.7 Å². The zero-order valence-electron chi connectivity index (χ0n) is 21.5. The van der Waals surface area contributed by atoms with Crippen LogP contribution in [0.5, 0.6) is 0 Å². The van der Waals surface area contributed by atoms with Crippen molar-refractivity contribution >= 4 is 35.5 Å². The molecule has 0 aromatic heterocycles. The van der Waals surface area contributed by atoms with Gasteiger partial charge in [-0.1, -0.05) is 6.42 Å². The van der Waals surface area contributed by atoms with Gasteiger partial charge in [0.05, 0.1) is 6.04 Å². The smallest absolute Gasteiger partial charge is 0.326 e. The first kappa shape index (κ1) is 34.1. The molecule has 4 unspecified atom stereocenters. The van der Waals surface area contributed by atoms with Gasteiger partial charge in [-0.15, -0.1) is 0 Å². The van der Waals surface area contributed by atoms with Gasteiger partial charge in [-0.2, -0.15) is 11.8 Å². The number of rotatable bonds is 22. The maximum atomic E-state index is 13.1. The van der Waals surface area contributed by atoms with Crippen LogP contribution in [0.2, 0.25) is 0 Å². The van der Waals surface area contributed by atoms with Crippen molar-refractivity contribution in [3.63, 3.8) is 0 Å². The van der Waals surface area contributed by atoms with Crippen molar-refractivity contribution in [3.05, 3.63) is 0 Å². The summed E-state index contributed by atoms with van der Waals surface area (Å²) < 4.78 is 0. The molecular formula is C23H47N7O5S. The first-order valence-corrected chi connectivity index (χ1v) is 14.1. The first-order valence-electron chi connectivity index (χ1n) is 12.7. The molecule has 0 bridgehead atoms. The lowest BCUT2D eigenvalue weighted by atomic mass is 10.0. The van der Waals surface area contributed by atoms with E-state index in [4.69, 9.17) is 22.9 Å². The highest BCUT2D eigenvalue weighted by Crippen LogP contribution is 2.08. The second kappa shape index (κ2) is 21.2. The van der Waals surface area contributed by atoms with Crippen molar-refractivity contribution in [1.29, 1.82) is 0 Å². The van der Waals surface area contributed by atoms with Crippen LogP contribution in [-0.4, -0.2) is 84.6 Å². The zero-order chi connectivity index (χ0) is 27.3. The van der Waals surface area contributed by atoms with E-state index >= 15 is 0 Å². The summed E-state index contributed by atoms with van der Waals surface area (Å²) in [6.45, 7) is 1.36. The molecule has 0 aromatic rings. The standard InChI is InChI=1S/C23H47N7O5S/c1-36-15-11-18(28-20(31)16(27)8-2-5-12-24)22(33)29-17(9-3-6-13-25)21(32)30-19(23(34)35)10-4-7-14-26/h16-19H,2-15,24-27H2,1H3,(H,28,31)(H,29,33)(H,30,32)(H,34,35). The monoisotopic (exact) mass is 533 g/mol.